The number of hydrogen-bond donors (Lipinski definition) is 1. The number of nitrogens with zero attached hydrogens (tertiary/aromatic N) is 5. The number of piperazine rings is 1. The minimum Gasteiger partial charge on any atom is -0.373 e. The van der Waals surface area contributed by atoms with Crippen molar-refractivity contribution in [1.82, 2.24) is 19.8 Å². The summed E-state index contributed by atoms with van der Waals surface area (Å²) in [6.45, 7) is 3.56. The molecule has 126 valence electrons. The summed E-state index contributed by atoms with van der Waals surface area (Å²) in [6, 6.07) is 1.87. The number of anilines is 2. The number of hydrogen-bond acceptors (Lipinski definition) is 6. The maximum atomic E-state index is 12.0. The van der Waals surface area contributed by atoms with E-state index >= 15 is 0 Å². The first-order valence-corrected chi connectivity index (χ1v) is 8.25. The summed E-state index contributed by atoms with van der Waals surface area (Å²) in [5.41, 5.74) is 0.0255. The monoisotopic (exact) mass is 318 g/mol. The summed E-state index contributed by atoms with van der Waals surface area (Å²) in [6.07, 6.45) is 4.30. The molecule has 0 unspecified atom stereocenters. The van der Waals surface area contributed by atoms with Gasteiger partial charge in [-0.3, -0.25) is 9.69 Å². The molecule has 2 saturated heterocycles. The van der Waals surface area contributed by atoms with E-state index in [1.807, 2.05) is 25.1 Å². The molecule has 2 fully saturated rings. The number of amides is 1. The highest BCUT2D eigenvalue weighted by molar-refractivity contribution is 5.76. The SMILES string of the molecule is CNc1ccnc(N2CCN(C)[C@@]3(CCC(=O)N(C)CC3)C2)n1. The fourth-order valence-electron chi connectivity index (χ4n) is 3.57. The highest BCUT2D eigenvalue weighted by Crippen LogP contribution is 2.33. The quantitative estimate of drug-likeness (QED) is 0.864. The van der Waals surface area contributed by atoms with Gasteiger partial charge in [0.2, 0.25) is 11.9 Å². The summed E-state index contributed by atoms with van der Waals surface area (Å²) in [5.74, 6) is 1.85. The molecule has 1 aromatic heterocycles. The minimum atomic E-state index is 0.0255. The van der Waals surface area contributed by atoms with Crippen LogP contribution in [0.25, 0.3) is 0 Å². The van der Waals surface area contributed by atoms with Gasteiger partial charge in [0.05, 0.1) is 0 Å². The van der Waals surface area contributed by atoms with Crippen LogP contribution in [0.4, 0.5) is 11.8 Å². The molecule has 0 saturated carbocycles. The lowest BCUT2D eigenvalue weighted by molar-refractivity contribution is -0.129. The summed E-state index contributed by atoms with van der Waals surface area (Å²) in [7, 11) is 5.95. The van der Waals surface area contributed by atoms with Crippen molar-refractivity contribution in [1.29, 1.82) is 0 Å². The van der Waals surface area contributed by atoms with Crippen molar-refractivity contribution >= 4 is 17.7 Å². The average molecular weight is 318 g/mol. The number of aromatic nitrogens is 2. The maximum absolute atomic E-state index is 12.0. The van der Waals surface area contributed by atoms with Gasteiger partial charge in [-0.05, 0) is 26.0 Å². The Kier molecular flexibility index (Phi) is 4.39. The van der Waals surface area contributed by atoms with Crippen molar-refractivity contribution in [2.45, 2.75) is 24.8 Å². The van der Waals surface area contributed by atoms with E-state index in [-0.39, 0.29) is 11.4 Å². The zero-order chi connectivity index (χ0) is 16.4. The van der Waals surface area contributed by atoms with Crippen molar-refractivity contribution in [2.24, 2.45) is 0 Å². The van der Waals surface area contributed by atoms with Crippen LogP contribution in [0.3, 0.4) is 0 Å². The van der Waals surface area contributed by atoms with Gasteiger partial charge in [-0.1, -0.05) is 0 Å². The Morgan fingerprint density at radius 2 is 2.04 bits per heavy atom. The lowest BCUT2D eigenvalue weighted by Gasteiger charge is -2.49. The fraction of sp³-hybridized carbons (Fsp3) is 0.688. The second kappa shape index (κ2) is 6.31. The summed E-state index contributed by atoms with van der Waals surface area (Å²) in [5, 5.41) is 3.07. The van der Waals surface area contributed by atoms with Crippen LogP contribution >= 0.6 is 0 Å². The zero-order valence-electron chi connectivity index (χ0n) is 14.2. The van der Waals surface area contributed by atoms with Gasteiger partial charge in [-0.15, -0.1) is 0 Å². The van der Waals surface area contributed by atoms with E-state index in [0.717, 1.165) is 50.8 Å². The van der Waals surface area contributed by atoms with Gasteiger partial charge in [0, 0.05) is 58.4 Å². The first-order valence-electron chi connectivity index (χ1n) is 8.25. The van der Waals surface area contributed by atoms with Gasteiger partial charge in [0.25, 0.3) is 0 Å². The molecule has 7 nitrogen and oxygen atoms in total. The molecule has 0 aromatic carbocycles. The molecule has 1 amide bonds. The van der Waals surface area contributed by atoms with E-state index in [1.165, 1.54) is 0 Å². The maximum Gasteiger partial charge on any atom is 0.227 e. The third-order valence-corrected chi connectivity index (χ3v) is 5.32. The van der Waals surface area contributed by atoms with Crippen LogP contribution in [0.2, 0.25) is 0 Å². The van der Waals surface area contributed by atoms with Crippen LogP contribution in [0.15, 0.2) is 12.3 Å². The van der Waals surface area contributed by atoms with E-state index in [0.29, 0.717) is 6.42 Å². The standard InChI is InChI=1S/C16H26N6O/c1-17-13-5-8-18-15(19-13)22-11-10-21(3)16(12-22)6-4-14(23)20(2)9-7-16/h5,8H,4,6-7,9-12H2,1-3H3,(H,17,18,19)/t16-/m1/s1. The highest BCUT2D eigenvalue weighted by atomic mass is 16.2. The van der Waals surface area contributed by atoms with E-state index in [1.54, 1.807) is 6.20 Å². The van der Waals surface area contributed by atoms with Crippen molar-refractivity contribution < 1.29 is 4.79 Å². The lowest BCUT2D eigenvalue weighted by atomic mass is 9.86. The van der Waals surface area contributed by atoms with Gasteiger partial charge in [0.1, 0.15) is 5.82 Å². The van der Waals surface area contributed by atoms with E-state index in [9.17, 15) is 4.79 Å². The molecule has 3 rings (SSSR count). The van der Waals surface area contributed by atoms with Crippen molar-refractivity contribution in [2.75, 3.05) is 57.5 Å². The molecule has 0 aliphatic carbocycles. The molecule has 1 spiro atoms. The molecule has 1 atom stereocenters. The minimum absolute atomic E-state index is 0.0255. The molecule has 2 aliphatic rings. The number of likely N-dealkylation sites (tertiary alicyclic amines) is 1. The second-order valence-electron chi connectivity index (χ2n) is 6.62. The van der Waals surface area contributed by atoms with Crippen LogP contribution < -0.4 is 10.2 Å². The van der Waals surface area contributed by atoms with Crippen LogP contribution in [0.1, 0.15) is 19.3 Å². The summed E-state index contributed by atoms with van der Waals surface area (Å²) >= 11 is 0. The highest BCUT2D eigenvalue weighted by Gasteiger charge is 2.42. The Labute approximate surface area is 137 Å². The molecule has 1 N–H and O–H groups in total. The molecule has 0 bridgehead atoms. The Morgan fingerprint density at radius 3 is 2.83 bits per heavy atom. The molecular formula is C16H26N6O. The Balaban J connectivity index is 1.82. The zero-order valence-corrected chi connectivity index (χ0v) is 14.2. The molecule has 0 radical (unpaired) electrons. The second-order valence-corrected chi connectivity index (χ2v) is 6.62. The van der Waals surface area contributed by atoms with Gasteiger partial charge in [-0.2, -0.15) is 4.98 Å². The summed E-state index contributed by atoms with van der Waals surface area (Å²) in [4.78, 5) is 27.6. The van der Waals surface area contributed by atoms with Crippen molar-refractivity contribution in [3.63, 3.8) is 0 Å². The van der Waals surface area contributed by atoms with Crippen molar-refractivity contribution in [3.05, 3.63) is 12.3 Å². The Morgan fingerprint density at radius 1 is 1.22 bits per heavy atom. The van der Waals surface area contributed by atoms with Crippen LogP contribution in [-0.2, 0) is 4.79 Å². The number of rotatable bonds is 2. The first kappa shape index (κ1) is 16.0. The number of carbonyl (C=O) groups is 1. The first-order chi connectivity index (χ1) is 11.0. The average Bonchev–Trinajstić information content (AvgIpc) is 2.72. The molecule has 2 aliphatic heterocycles. The third kappa shape index (κ3) is 3.10. The number of likely N-dealkylation sites (N-methyl/N-ethyl adjacent to an activating group) is 1. The topological polar surface area (TPSA) is 64.6 Å². The molecular weight excluding hydrogens is 292 g/mol. The van der Waals surface area contributed by atoms with Gasteiger partial charge in [-0.25, -0.2) is 4.98 Å². The molecule has 7 heteroatoms. The third-order valence-electron chi connectivity index (χ3n) is 5.32. The number of nitrogens with one attached hydrogen (secondary N) is 1. The normalized spacial score (nSPS) is 26.5. The smallest absolute Gasteiger partial charge is 0.227 e. The van der Waals surface area contributed by atoms with E-state index < -0.39 is 0 Å². The lowest BCUT2D eigenvalue weighted by Crippen LogP contribution is -2.61. The molecule has 1 aromatic rings. The van der Waals surface area contributed by atoms with E-state index in [2.05, 4.69) is 32.1 Å². The van der Waals surface area contributed by atoms with Gasteiger partial charge in [0.15, 0.2) is 0 Å². The molecule has 3 heterocycles. The predicted octanol–water partition coefficient (Wildman–Crippen LogP) is 0.651. The van der Waals surface area contributed by atoms with E-state index in [4.69, 9.17) is 0 Å². The summed E-state index contributed by atoms with van der Waals surface area (Å²) < 4.78 is 0. The Bertz CT molecular complexity index is 579. The van der Waals surface area contributed by atoms with Gasteiger partial charge >= 0.3 is 0 Å². The van der Waals surface area contributed by atoms with Crippen LogP contribution in [0.5, 0.6) is 0 Å². The van der Waals surface area contributed by atoms with Crippen LogP contribution in [-0.4, -0.2) is 78.5 Å². The molecule has 23 heavy (non-hydrogen) atoms. The predicted molar refractivity (Wildman–Crippen MR) is 90.6 cm³/mol. The van der Waals surface area contributed by atoms with Crippen molar-refractivity contribution in [3.8, 4) is 0 Å². The van der Waals surface area contributed by atoms with Gasteiger partial charge < -0.3 is 15.1 Å². The fourth-order valence-corrected chi connectivity index (χ4v) is 3.57. The van der Waals surface area contributed by atoms with Crippen LogP contribution in [0, 0.1) is 0 Å². The number of carbonyl (C=O) groups excluding carboxylic acids is 1. The Hall–Kier alpha value is -1.89. The largest absolute Gasteiger partial charge is 0.373 e.